The van der Waals surface area contributed by atoms with Gasteiger partial charge in [0.15, 0.2) is 0 Å². The number of carbonyl (C=O) groups is 1. The molecule has 4 rings (SSSR count). The lowest BCUT2D eigenvalue weighted by molar-refractivity contribution is -0.120. The highest BCUT2D eigenvalue weighted by molar-refractivity contribution is 5.93. The maximum Gasteiger partial charge on any atom is 0.269 e. The van der Waals surface area contributed by atoms with Crippen molar-refractivity contribution in [2.45, 2.75) is 39.2 Å². The molecule has 6 heteroatoms. The van der Waals surface area contributed by atoms with E-state index in [0.717, 1.165) is 36.3 Å². The Morgan fingerprint density at radius 3 is 2.56 bits per heavy atom. The summed E-state index contributed by atoms with van der Waals surface area (Å²) in [5.74, 6) is 0.362. The molecule has 1 amide bonds. The van der Waals surface area contributed by atoms with E-state index < -0.39 is 0 Å². The van der Waals surface area contributed by atoms with Gasteiger partial charge in [-0.3, -0.25) is 9.59 Å². The third kappa shape index (κ3) is 5.25. The van der Waals surface area contributed by atoms with Gasteiger partial charge in [-0.1, -0.05) is 56.3 Å². The van der Waals surface area contributed by atoms with Gasteiger partial charge < -0.3 is 10.2 Å². The van der Waals surface area contributed by atoms with E-state index >= 15 is 0 Å². The first-order chi connectivity index (χ1) is 15.5. The molecule has 1 aliphatic heterocycles. The number of hydrogen-bond donors (Lipinski definition) is 1. The van der Waals surface area contributed by atoms with E-state index in [2.05, 4.69) is 41.3 Å². The van der Waals surface area contributed by atoms with Crippen LogP contribution in [-0.2, 0) is 11.3 Å². The Kier molecular flexibility index (Phi) is 6.69. The number of rotatable bonds is 6. The van der Waals surface area contributed by atoms with Gasteiger partial charge in [-0.25, -0.2) is 4.68 Å². The topological polar surface area (TPSA) is 67.2 Å². The first-order valence-corrected chi connectivity index (χ1v) is 11.3. The van der Waals surface area contributed by atoms with E-state index in [4.69, 9.17) is 0 Å². The maximum atomic E-state index is 12.9. The van der Waals surface area contributed by atoms with Crippen LogP contribution in [0.15, 0.2) is 71.7 Å². The highest BCUT2D eigenvalue weighted by Gasteiger charge is 2.26. The smallest absolute Gasteiger partial charge is 0.269 e. The Morgan fingerprint density at radius 2 is 1.88 bits per heavy atom. The zero-order valence-electron chi connectivity index (χ0n) is 18.7. The van der Waals surface area contributed by atoms with Crippen molar-refractivity contribution in [2.24, 2.45) is 5.92 Å². The van der Waals surface area contributed by atoms with Gasteiger partial charge in [-0.2, -0.15) is 5.10 Å². The van der Waals surface area contributed by atoms with E-state index in [1.54, 1.807) is 12.3 Å². The molecule has 0 unspecified atom stereocenters. The molecule has 2 heterocycles. The highest BCUT2D eigenvalue weighted by Crippen LogP contribution is 2.24. The molecule has 2 aromatic carbocycles. The molecule has 1 aliphatic rings. The summed E-state index contributed by atoms with van der Waals surface area (Å²) in [6.07, 6.45) is 3.47. The number of amides is 1. The lowest BCUT2D eigenvalue weighted by Crippen LogP contribution is -2.41. The second-order valence-electron chi connectivity index (χ2n) is 8.75. The largest absolute Gasteiger partial charge is 0.369 e. The zero-order valence-corrected chi connectivity index (χ0v) is 18.7. The second-order valence-corrected chi connectivity index (χ2v) is 8.75. The number of nitrogens with one attached hydrogen (secondary N) is 1. The lowest BCUT2D eigenvalue weighted by atomic mass is 9.96. The van der Waals surface area contributed by atoms with Gasteiger partial charge in [0.05, 0.1) is 24.3 Å². The average Bonchev–Trinajstić information content (AvgIpc) is 2.81. The predicted molar refractivity (Wildman–Crippen MR) is 128 cm³/mol. The molecular formula is C26H30N4O2. The van der Waals surface area contributed by atoms with E-state index in [1.165, 1.54) is 10.2 Å². The zero-order chi connectivity index (χ0) is 22.5. The molecule has 32 heavy (non-hydrogen) atoms. The number of nitrogens with zero attached hydrogens (tertiary/aromatic N) is 3. The van der Waals surface area contributed by atoms with Gasteiger partial charge in [0.1, 0.15) is 0 Å². The Labute approximate surface area is 188 Å². The molecule has 1 saturated heterocycles. The summed E-state index contributed by atoms with van der Waals surface area (Å²) in [6, 6.07) is 19.5. The van der Waals surface area contributed by atoms with Crippen LogP contribution >= 0.6 is 0 Å². The molecule has 0 aliphatic carbocycles. The minimum absolute atomic E-state index is 0.0253. The van der Waals surface area contributed by atoms with Crippen molar-refractivity contribution >= 4 is 17.3 Å². The lowest BCUT2D eigenvalue weighted by Gasteiger charge is -2.33. The molecular weight excluding hydrogens is 400 g/mol. The van der Waals surface area contributed by atoms with Crippen LogP contribution in [0.2, 0.25) is 0 Å². The normalized spacial score (nSPS) is 16.2. The summed E-state index contributed by atoms with van der Waals surface area (Å²) >= 11 is 0. The molecule has 0 bridgehead atoms. The Hall–Kier alpha value is -3.41. The molecule has 1 fully saturated rings. The van der Waals surface area contributed by atoms with Crippen LogP contribution in [0.1, 0.15) is 43.7 Å². The minimum Gasteiger partial charge on any atom is -0.369 e. The summed E-state index contributed by atoms with van der Waals surface area (Å²) < 4.78 is 1.47. The highest BCUT2D eigenvalue weighted by atomic mass is 16.2. The van der Waals surface area contributed by atoms with Crippen LogP contribution in [0, 0.1) is 5.92 Å². The average molecular weight is 431 g/mol. The minimum atomic E-state index is -0.136. The monoisotopic (exact) mass is 430 g/mol. The van der Waals surface area contributed by atoms with Gasteiger partial charge in [0, 0.05) is 24.8 Å². The summed E-state index contributed by atoms with van der Waals surface area (Å²) in [7, 11) is 0. The summed E-state index contributed by atoms with van der Waals surface area (Å²) in [6.45, 7) is 6.15. The molecule has 0 spiro atoms. The molecule has 1 aromatic heterocycles. The van der Waals surface area contributed by atoms with Crippen LogP contribution < -0.4 is 15.8 Å². The van der Waals surface area contributed by atoms with E-state index in [9.17, 15) is 9.59 Å². The van der Waals surface area contributed by atoms with Crippen molar-refractivity contribution in [2.75, 3.05) is 23.3 Å². The van der Waals surface area contributed by atoms with Crippen LogP contribution in [-0.4, -0.2) is 28.8 Å². The molecule has 1 N–H and O–H groups in total. The van der Waals surface area contributed by atoms with Crippen LogP contribution in [0.4, 0.5) is 11.4 Å². The van der Waals surface area contributed by atoms with Crippen LogP contribution in [0.25, 0.3) is 0 Å². The van der Waals surface area contributed by atoms with Gasteiger partial charge in [0.2, 0.25) is 5.91 Å². The fourth-order valence-electron chi connectivity index (χ4n) is 4.09. The summed E-state index contributed by atoms with van der Waals surface area (Å²) in [5.41, 5.74) is 3.75. The van der Waals surface area contributed by atoms with Crippen molar-refractivity contribution in [1.82, 2.24) is 9.78 Å². The summed E-state index contributed by atoms with van der Waals surface area (Å²) in [4.78, 5) is 27.6. The van der Waals surface area contributed by atoms with Gasteiger partial charge in [-0.05, 0) is 42.0 Å². The van der Waals surface area contributed by atoms with Gasteiger partial charge >= 0.3 is 0 Å². The fourth-order valence-corrected chi connectivity index (χ4v) is 4.09. The second kappa shape index (κ2) is 9.81. The van der Waals surface area contributed by atoms with Gasteiger partial charge in [0.25, 0.3) is 5.56 Å². The van der Waals surface area contributed by atoms with Crippen molar-refractivity contribution in [3.63, 3.8) is 0 Å². The quantitative estimate of drug-likeness (QED) is 0.634. The van der Waals surface area contributed by atoms with Gasteiger partial charge in [-0.15, -0.1) is 0 Å². The first kappa shape index (κ1) is 21.8. The van der Waals surface area contributed by atoms with Crippen LogP contribution in [0.3, 0.4) is 0 Å². The Morgan fingerprint density at radius 1 is 1.12 bits per heavy atom. The van der Waals surface area contributed by atoms with Crippen molar-refractivity contribution in [1.29, 1.82) is 0 Å². The van der Waals surface area contributed by atoms with Crippen molar-refractivity contribution in [3.8, 4) is 0 Å². The third-order valence-electron chi connectivity index (χ3n) is 6.03. The Bertz CT molecular complexity index is 1110. The number of benzene rings is 2. The number of aromatic nitrogens is 2. The van der Waals surface area contributed by atoms with Crippen molar-refractivity contribution in [3.05, 3.63) is 88.3 Å². The number of piperidine rings is 1. The molecule has 0 saturated carbocycles. The molecule has 6 nitrogen and oxygen atoms in total. The number of carbonyl (C=O) groups excluding carboxylic acids is 1. The molecule has 166 valence electrons. The van der Waals surface area contributed by atoms with E-state index in [-0.39, 0.29) is 17.4 Å². The standard InChI is InChI=1S/C26H30N4O2/c1-19(2)21-10-12-23(13-11-21)28-26(32)22-9-6-14-29(18-22)24-15-25(31)30(27-16-24)17-20-7-4-3-5-8-20/h3-5,7-8,10-13,15-16,19,22H,6,9,14,17-18H2,1-2H3,(H,28,32)/t22-/m0/s1. The maximum absolute atomic E-state index is 12.9. The molecule has 3 aromatic rings. The fraction of sp³-hybridized carbons (Fsp3) is 0.346. The SMILES string of the molecule is CC(C)c1ccc(NC(=O)[C@H]2CCCN(c3cnn(Cc4ccccc4)c(=O)c3)C2)cc1. The first-order valence-electron chi connectivity index (χ1n) is 11.3. The summed E-state index contributed by atoms with van der Waals surface area (Å²) in [5, 5.41) is 7.42. The molecule has 0 radical (unpaired) electrons. The number of hydrogen-bond acceptors (Lipinski definition) is 4. The predicted octanol–water partition coefficient (Wildman–Crippen LogP) is 4.27. The van der Waals surface area contributed by atoms with E-state index in [1.807, 2.05) is 42.5 Å². The third-order valence-corrected chi connectivity index (χ3v) is 6.03. The molecule has 1 atom stereocenters. The number of anilines is 2. The van der Waals surface area contributed by atoms with E-state index in [0.29, 0.717) is 19.0 Å². The van der Waals surface area contributed by atoms with Crippen molar-refractivity contribution < 1.29 is 4.79 Å². The Balaban J connectivity index is 1.40. The van der Waals surface area contributed by atoms with Crippen LogP contribution in [0.5, 0.6) is 0 Å².